The molecule has 0 bridgehead atoms. The molecule has 0 fully saturated rings. The van der Waals surface area contributed by atoms with E-state index in [1.165, 1.54) is 9.08 Å². The van der Waals surface area contributed by atoms with Crippen molar-refractivity contribution in [3.05, 3.63) is 71.3 Å². The fourth-order valence-corrected chi connectivity index (χ4v) is 2.78. The van der Waals surface area contributed by atoms with Crippen LogP contribution in [-0.2, 0) is 0 Å². The number of benzene rings is 2. The smallest absolute Gasteiger partial charge is 0.355 e. The van der Waals surface area contributed by atoms with E-state index in [-0.39, 0.29) is 11.5 Å². The zero-order chi connectivity index (χ0) is 18.8. The summed E-state index contributed by atoms with van der Waals surface area (Å²) in [7, 11) is 0. The molecule has 0 spiro atoms. The van der Waals surface area contributed by atoms with Gasteiger partial charge >= 0.3 is 5.69 Å². The molecule has 0 aliphatic carbocycles. The highest BCUT2D eigenvalue weighted by Crippen LogP contribution is 2.22. The van der Waals surface area contributed by atoms with Crippen LogP contribution < -0.4 is 21.9 Å². The van der Waals surface area contributed by atoms with Gasteiger partial charge in [-0.05, 0) is 36.4 Å². The summed E-state index contributed by atoms with van der Waals surface area (Å²) in [5.74, 6) is 0.898. The first-order valence-corrected chi connectivity index (χ1v) is 8.44. The second kappa shape index (κ2) is 6.93. The lowest BCUT2D eigenvalue weighted by Gasteiger charge is -2.06. The largest absolute Gasteiger partial charge is 0.492 e. The molecule has 0 aliphatic rings. The van der Waals surface area contributed by atoms with Gasteiger partial charge in [0.2, 0.25) is 5.65 Å². The Morgan fingerprint density at radius 2 is 1.78 bits per heavy atom. The normalized spacial score (nSPS) is 11.0. The lowest BCUT2D eigenvalue weighted by molar-refractivity contribution is 0.328. The molecule has 0 saturated carbocycles. The molecule has 2 aromatic heterocycles. The third kappa shape index (κ3) is 3.13. The Morgan fingerprint density at radius 3 is 2.48 bits per heavy atom. The average Bonchev–Trinajstić information content (AvgIpc) is 3.05. The predicted octanol–water partition coefficient (Wildman–Crippen LogP) is 1.47. The molecule has 0 unspecified atom stereocenters. The minimum Gasteiger partial charge on any atom is -0.492 e. The molecule has 2 heterocycles. The van der Waals surface area contributed by atoms with Crippen molar-refractivity contribution in [2.24, 2.45) is 5.73 Å². The third-order valence-corrected chi connectivity index (χ3v) is 4.07. The Kier molecular flexibility index (Phi) is 4.31. The lowest BCUT2D eigenvalue weighted by Crippen LogP contribution is -2.19. The number of hydrogen-bond donors (Lipinski definition) is 2. The summed E-state index contributed by atoms with van der Waals surface area (Å²) >= 11 is 0. The van der Waals surface area contributed by atoms with E-state index in [0.29, 0.717) is 35.9 Å². The minimum absolute atomic E-state index is 0.183. The van der Waals surface area contributed by atoms with Gasteiger partial charge in [-0.2, -0.15) is 4.68 Å². The summed E-state index contributed by atoms with van der Waals surface area (Å²) in [5.41, 5.74) is 13.5. The molecule has 0 saturated heterocycles. The van der Waals surface area contributed by atoms with Crippen LogP contribution in [0.2, 0.25) is 0 Å². The molecule has 0 aliphatic heterocycles. The molecular formula is C19H18N6O2. The Hall–Kier alpha value is -3.65. The first-order valence-electron chi connectivity index (χ1n) is 8.44. The Bertz CT molecular complexity index is 1130. The number of nitrogens with zero attached hydrogens (tertiary/aromatic N) is 4. The second-order valence-electron chi connectivity index (χ2n) is 5.90. The van der Waals surface area contributed by atoms with Crippen molar-refractivity contribution in [3.63, 3.8) is 0 Å². The number of nitrogen functional groups attached to an aromatic ring is 1. The lowest BCUT2D eigenvalue weighted by atomic mass is 10.1. The van der Waals surface area contributed by atoms with Crippen LogP contribution >= 0.6 is 0 Å². The molecule has 0 radical (unpaired) electrons. The van der Waals surface area contributed by atoms with Crippen molar-refractivity contribution in [2.75, 3.05) is 18.9 Å². The quantitative estimate of drug-likeness (QED) is 0.556. The van der Waals surface area contributed by atoms with Crippen LogP contribution in [0.15, 0.2) is 65.6 Å². The highest BCUT2D eigenvalue weighted by atomic mass is 16.5. The second-order valence-corrected chi connectivity index (χ2v) is 5.90. The first kappa shape index (κ1) is 16.8. The maximum absolute atomic E-state index is 12.8. The summed E-state index contributed by atoms with van der Waals surface area (Å²) in [4.78, 5) is 17.2. The number of fused-ring (bicyclic) bond motifs is 1. The standard InChI is InChI=1S/C19H18N6O2/c20-10-11-27-15-8-6-13(7-9-15)16-12-24-18(17(21)22-16)23-25(19(24)26)14-4-2-1-3-5-14/h1-9,12H,10-11,20H2,(H2,21,22). The minimum atomic E-state index is -0.311. The van der Waals surface area contributed by atoms with E-state index in [0.717, 1.165) is 5.56 Å². The van der Waals surface area contributed by atoms with Gasteiger partial charge in [0.25, 0.3) is 0 Å². The Labute approximate surface area is 154 Å². The van der Waals surface area contributed by atoms with E-state index >= 15 is 0 Å². The molecule has 4 rings (SSSR count). The monoisotopic (exact) mass is 362 g/mol. The zero-order valence-electron chi connectivity index (χ0n) is 14.4. The average molecular weight is 362 g/mol. The molecule has 0 amide bonds. The van der Waals surface area contributed by atoms with E-state index in [4.69, 9.17) is 16.2 Å². The van der Waals surface area contributed by atoms with Crippen LogP contribution in [0.1, 0.15) is 0 Å². The summed E-state index contributed by atoms with van der Waals surface area (Å²) in [6.45, 7) is 0.898. The zero-order valence-corrected chi connectivity index (χ0v) is 14.4. The SMILES string of the molecule is NCCOc1ccc(-c2cn3c(=O)n(-c4ccccc4)nc3c(N)n2)cc1. The molecule has 27 heavy (non-hydrogen) atoms. The van der Waals surface area contributed by atoms with Crippen LogP contribution in [0.5, 0.6) is 5.75 Å². The Morgan fingerprint density at radius 1 is 1.04 bits per heavy atom. The van der Waals surface area contributed by atoms with E-state index in [1.54, 1.807) is 18.3 Å². The highest BCUT2D eigenvalue weighted by molar-refractivity contribution is 5.67. The third-order valence-electron chi connectivity index (χ3n) is 4.07. The van der Waals surface area contributed by atoms with Crippen LogP contribution in [-0.4, -0.2) is 32.3 Å². The number of para-hydroxylation sites is 1. The van der Waals surface area contributed by atoms with Crippen molar-refractivity contribution in [2.45, 2.75) is 0 Å². The van der Waals surface area contributed by atoms with Crippen LogP contribution in [0.3, 0.4) is 0 Å². The molecule has 2 aromatic carbocycles. The van der Waals surface area contributed by atoms with Crippen molar-refractivity contribution >= 4 is 11.5 Å². The number of aromatic nitrogens is 4. The maximum atomic E-state index is 12.8. The van der Waals surface area contributed by atoms with Gasteiger partial charge in [0.1, 0.15) is 12.4 Å². The van der Waals surface area contributed by atoms with Gasteiger partial charge in [-0.15, -0.1) is 5.10 Å². The molecular weight excluding hydrogens is 344 g/mol. The molecule has 8 heteroatoms. The number of rotatable bonds is 5. The van der Waals surface area contributed by atoms with Crippen molar-refractivity contribution in [3.8, 4) is 22.7 Å². The molecule has 0 atom stereocenters. The highest BCUT2D eigenvalue weighted by Gasteiger charge is 2.14. The maximum Gasteiger partial charge on any atom is 0.355 e. The summed E-state index contributed by atoms with van der Waals surface area (Å²) in [6, 6.07) is 16.5. The summed E-state index contributed by atoms with van der Waals surface area (Å²) < 4.78 is 8.19. The topological polar surface area (TPSA) is 113 Å². The Balaban J connectivity index is 1.77. The van der Waals surface area contributed by atoms with Crippen molar-refractivity contribution in [1.82, 2.24) is 19.2 Å². The molecule has 136 valence electrons. The van der Waals surface area contributed by atoms with Gasteiger partial charge in [0.05, 0.1) is 11.4 Å². The summed E-state index contributed by atoms with van der Waals surface area (Å²) in [6.07, 6.45) is 1.64. The van der Waals surface area contributed by atoms with Crippen LogP contribution in [0.25, 0.3) is 22.6 Å². The number of ether oxygens (including phenoxy) is 1. The number of hydrogen-bond acceptors (Lipinski definition) is 6. The van der Waals surface area contributed by atoms with Gasteiger partial charge in [0, 0.05) is 18.3 Å². The van der Waals surface area contributed by atoms with E-state index in [9.17, 15) is 4.79 Å². The van der Waals surface area contributed by atoms with E-state index < -0.39 is 0 Å². The number of anilines is 1. The van der Waals surface area contributed by atoms with Gasteiger partial charge < -0.3 is 16.2 Å². The van der Waals surface area contributed by atoms with Gasteiger partial charge in [0.15, 0.2) is 5.82 Å². The molecule has 4 N–H and O–H groups in total. The van der Waals surface area contributed by atoms with Gasteiger partial charge in [-0.25, -0.2) is 14.2 Å². The fraction of sp³-hybridized carbons (Fsp3) is 0.105. The number of nitrogens with two attached hydrogens (primary N) is 2. The van der Waals surface area contributed by atoms with Crippen molar-refractivity contribution < 1.29 is 4.74 Å². The molecule has 8 nitrogen and oxygen atoms in total. The van der Waals surface area contributed by atoms with Crippen molar-refractivity contribution in [1.29, 1.82) is 0 Å². The van der Waals surface area contributed by atoms with E-state index in [1.807, 2.05) is 42.5 Å². The van der Waals surface area contributed by atoms with Crippen LogP contribution in [0.4, 0.5) is 5.82 Å². The predicted molar refractivity (Wildman–Crippen MR) is 103 cm³/mol. The van der Waals surface area contributed by atoms with Gasteiger partial charge in [-0.1, -0.05) is 18.2 Å². The fourth-order valence-electron chi connectivity index (χ4n) is 2.78. The first-order chi connectivity index (χ1) is 13.2. The van der Waals surface area contributed by atoms with E-state index in [2.05, 4.69) is 10.1 Å². The van der Waals surface area contributed by atoms with Crippen LogP contribution in [0, 0.1) is 0 Å². The summed E-state index contributed by atoms with van der Waals surface area (Å²) in [5, 5.41) is 4.31. The molecule has 4 aromatic rings. The van der Waals surface area contributed by atoms with Gasteiger partial charge in [-0.3, -0.25) is 0 Å².